The first kappa shape index (κ1) is 11.5. The molecule has 0 bridgehead atoms. The summed E-state index contributed by atoms with van der Waals surface area (Å²) in [5, 5.41) is 0. The number of fused-ring (bicyclic) bond motifs is 1. The van der Waals surface area contributed by atoms with E-state index in [4.69, 9.17) is 4.74 Å². The number of hydrogen-bond acceptors (Lipinski definition) is 3. The van der Waals surface area contributed by atoms with E-state index in [1.807, 2.05) is 36.4 Å². The van der Waals surface area contributed by atoms with Crippen molar-refractivity contribution in [1.29, 1.82) is 0 Å². The van der Waals surface area contributed by atoms with Crippen molar-refractivity contribution in [2.45, 2.75) is 6.61 Å². The first-order valence-electron chi connectivity index (χ1n) is 5.98. The zero-order valence-electron chi connectivity index (χ0n) is 10.2. The van der Waals surface area contributed by atoms with E-state index < -0.39 is 0 Å². The molecule has 0 atom stereocenters. The summed E-state index contributed by atoms with van der Waals surface area (Å²) < 4.78 is 7.09. The van der Waals surface area contributed by atoms with Crippen molar-refractivity contribution in [1.82, 2.24) is 9.38 Å². The summed E-state index contributed by atoms with van der Waals surface area (Å²) in [5.74, 6) is 0.762. The number of benzene rings is 1. The molecule has 0 radical (unpaired) electrons. The molecule has 0 amide bonds. The summed E-state index contributed by atoms with van der Waals surface area (Å²) in [7, 11) is 0. The molecule has 94 valence electrons. The third-order valence-electron chi connectivity index (χ3n) is 2.75. The maximum atomic E-state index is 11.9. The van der Waals surface area contributed by atoms with Gasteiger partial charge >= 0.3 is 0 Å². The zero-order valence-corrected chi connectivity index (χ0v) is 10.2. The van der Waals surface area contributed by atoms with E-state index in [1.165, 1.54) is 10.5 Å². The molecule has 1 aromatic carbocycles. The normalized spacial score (nSPS) is 10.5. The molecular weight excluding hydrogens is 240 g/mol. The van der Waals surface area contributed by atoms with Crippen LogP contribution >= 0.6 is 0 Å². The van der Waals surface area contributed by atoms with Gasteiger partial charge in [0, 0.05) is 12.3 Å². The van der Waals surface area contributed by atoms with Crippen molar-refractivity contribution in [3.63, 3.8) is 0 Å². The van der Waals surface area contributed by atoms with Gasteiger partial charge in [0.05, 0.1) is 5.69 Å². The second-order valence-corrected chi connectivity index (χ2v) is 4.12. The van der Waals surface area contributed by atoms with Crippen LogP contribution in [0.1, 0.15) is 5.69 Å². The SMILES string of the molecule is O=c1cc(COc2ccccc2)nc2ccccn12. The van der Waals surface area contributed by atoms with Crippen molar-refractivity contribution in [2.24, 2.45) is 0 Å². The van der Waals surface area contributed by atoms with Crippen LogP contribution in [0.2, 0.25) is 0 Å². The summed E-state index contributed by atoms with van der Waals surface area (Å²) in [6.07, 6.45) is 1.70. The second-order valence-electron chi connectivity index (χ2n) is 4.12. The van der Waals surface area contributed by atoms with Crippen LogP contribution in [-0.2, 0) is 6.61 Å². The maximum Gasteiger partial charge on any atom is 0.258 e. The van der Waals surface area contributed by atoms with Crippen molar-refractivity contribution >= 4 is 5.65 Å². The van der Waals surface area contributed by atoms with Gasteiger partial charge in [-0.15, -0.1) is 0 Å². The molecule has 19 heavy (non-hydrogen) atoms. The fraction of sp³-hybridized carbons (Fsp3) is 0.0667. The average Bonchev–Trinajstić information content (AvgIpc) is 2.46. The van der Waals surface area contributed by atoms with Crippen LogP contribution in [0.3, 0.4) is 0 Å². The van der Waals surface area contributed by atoms with E-state index in [1.54, 1.807) is 18.3 Å². The Bertz CT molecular complexity index is 751. The maximum absolute atomic E-state index is 11.9. The summed E-state index contributed by atoms with van der Waals surface area (Å²) in [6, 6.07) is 16.4. The second kappa shape index (κ2) is 4.94. The highest BCUT2D eigenvalue weighted by Gasteiger charge is 2.02. The Hall–Kier alpha value is -2.62. The van der Waals surface area contributed by atoms with Crippen LogP contribution in [0.5, 0.6) is 5.75 Å². The molecule has 4 nitrogen and oxygen atoms in total. The van der Waals surface area contributed by atoms with Crippen LogP contribution in [0.25, 0.3) is 5.65 Å². The zero-order chi connectivity index (χ0) is 13.1. The predicted molar refractivity (Wildman–Crippen MR) is 72.2 cm³/mol. The van der Waals surface area contributed by atoms with Crippen molar-refractivity contribution in [3.05, 3.63) is 76.8 Å². The van der Waals surface area contributed by atoms with Gasteiger partial charge in [-0.3, -0.25) is 9.20 Å². The third kappa shape index (κ3) is 2.47. The van der Waals surface area contributed by atoms with Crippen molar-refractivity contribution in [3.8, 4) is 5.75 Å². The lowest BCUT2D eigenvalue weighted by Gasteiger charge is -2.06. The molecule has 2 heterocycles. The number of hydrogen-bond donors (Lipinski definition) is 0. The number of nitrogens with zero attached hydrogens (tertiary/aromatic N) is 2. The molecule has 0 aliphatic carbocycles. The summed E-state index contributed by atoms with van der Waals surface area (Å²) in [5.41, 5.74) is 1.15. The Labute approximate surface area is 109 Å². The molecule has 0 fully saturated rings. The Kier molecular flexibility index (Phi) is 2.98. The molecule has 4 heteroatoms. The molecule has 0 N–H and O–H groups in total. The number of aromatic nitrogens is 2. The topological polar surface area (TPSA) is 43.6 Å². The average molecular weight is 252 g/mol. The molecule has 2 aromatic heterocycles. The molecule has 0 unspecified atom stereocenters. The molecule has 0 aliphatic rings. The monoisotopic (exact) mass is 252 g/mol. The van der Waals surface area contributed by atoms with E-state index in [-0.39, 0.29) is 12.2 Å². The molecule has 0 aliphatic heterocycles. The van der Waals surface area contributed by atoms with Gasteiger partial charge in [-0.2, -0.15) is 0 Å². The highest BCUT2D eigenvalue weighted by Crippen LogP contribution is 2.10. The summed E-state index contributed by atoms with van der Waals surface area (Å²) in [4.78, 5) is 16.3. The van der Waals surface area contributed by atoms with Gasteiger partial charge in [0.15, 0.2) is 0 Å². The Morgan fingerprint density at radius 2 is 1.84 bits per heavy atom. The van der Waals surface area contributed by atoms with E-state index in [0.29, 0.717) is 11.3 Å². The van der Waals surface area contributed by atoms with Gasteiger partial charge in [-0.1, -0.05) is 24.3 Å². The third-order valence-corrected chi connectivity index (χ3v) is 2.75. The van der Waals surface area contributed by atoms with Crippen molar-refractivity contribution in [2.75, 3.05) is 0 Å². The first-order chi connectivity index (χ1) is 9.33. The number of rotatable bonds is 3. The summed E-state index contributed by atoms with van der Waals surface area (Å²) >= 11 is 0. The Morgan fingerprint density at radius 3 is 2.68 bits per heavy atom. The van der Waals surface area contributed by atoms with E-state index in [0.717, 1.165) is 5.75 Å². The fourth-order valence-electron chi connectivity index (χ4n) is 1.85. The molecule has 0 saturated carbocycles. The van der Waals surface area contributed by atoms with Crippen LogP contribution in [-0.4, -0.2) is 9.38 Å². The lowest BCUT2D eigenvalue weighted by Crippen LogP contribution is -2.16. The minimum atomic E-state index is -0.0998. The van der Waals surface area contributed by atoms with E-state index in [2.05, 4.69) is 4.98 Å². The largest absolute Gasteiger partial charge is 0.487 e. The smallest absolute Gasteiger partial charge is 0.258 e. The number of ether oxygens (including phenoxy) is 1. The van der Waals surface area contributed by atoms with Gasteiger partial charge in [0.25, 0.3) is 5.56 Å². The van der Waals surface area contributed by atoms with Crippen LogP contribution in [0.4, 0.5) is 0 Å². The lowest BCUT2D eigenvalue weighted by molar-refractivity contribution is 0.301. The summed E-state index contributed by atoms with van der Waals surface area (Å²) in [6.45, 7) is 0.282. The number of pyridine rings is 1. The van der Waals surface area contributed by atoms with E-state index in [9.17, 15) is 4.79 Å². The highest BCUT2D eigenvalue weighted by atomic mass is 16.5. The van der Waals surface area contributed by atoms with Crippen LogP contribution in [0.15, 0.2) is 65.6 Å². The fourth-order valence-corrected chi connectivity index (χ4v) is 1.85. The minimum Gasteiger partial charge on any atom is -0.487 e. The molecular formula is C15H12N2O2. The first-order valence-corrected chi connectivity index (χ1v) is 5.98. The van der Waals surface area contributed by atoms with E-state index >= 15 is 0 Å². The Balaban J connectivity index is 1.88. The molecule has 3 rings (SSSR count). The van der Waals surface area contributed by atoms with Gasteiger partial charge in [0.2, 0.25) is 0 Å². The minimum absolute atomic E-state index is 0.0998. The molecule has 0 saturated heterocycles. The van der Waals surface area contributed by atoms with Crippen LogP contribution in [0, 0.1) is 0 Å². The predicted octanol–water partition coefficient (Wildman–Crippen LogP) is 2.27. The highest BCUT2D eigenvalue weighted by molar-refractivity contribution is 5.38. The standard InChI is InChI=1S/C15H12N2O2/c18-15-10-12(11-19-13-6-2-1-3-7-13)16-14-8-4-5-9-17(14)15/h1-10H,11H2. The number of para-hydroxylation sites is 1. The van der Waals surface area contributed by atoms with Crippen molar-refractivity contribution < 1.29 is 4.74 Å². The Morgan fingerprint density at radius 1 is 1.05 bits per heavy atom. The van der Waals surface area contributed by atoms with Gasteiger partial charge in [0.1, 0.15) is 18.0 Å². The van der Waals surface area contributed by atoms with Crippen LogP contribution < -0.4 is 10.3 Å². The van der Waals surface area contributed by atoms with Gasteiger partial charge in [-0.05, 0) is 24.3 Å². The van der Waals surface area contributed by atoms with Gasteiger partial charge < -0.3 is 4.74 Å². The molecule has 3 aromatic rings. The molecule has 0 spiro atoms. The quantitative estimate of drug-likeness (QED) is 0.718. The van der Waals surface area contributed by atoms with Gasteiger partial charge in [-0.25, -0.2) is 4.98 Å². The lowest BCUT2D eigenvalue weighted by atomic mass is 10.3.